The zero-order valence-corrected chi connectivity index (χ0v) is 19.1. The van der Waals surface area contributed by atoms with Gasteiger partial charge in [0, 0.05) is 34.3 Å². The number of nitrogens with zero attached hydrogens (tertiary/aromatic N) is 1. The Balaban J connectivity index is 1.29. The van der Waals surface area contributed by atoms with Crippen molar-refractivity contribution in [1.29, 1.82) is 0 Å². The summed E-state index contributed by atoms with van der Waals surface area (Å²) in [4.78, 5) is 17.4. The molecule has 0 radical (unpaired) electrons. The van der Waals surface area contributed by atoms with E-state index >= 15 is 0 Å². The minimum absolute atomic E-state index is 0.109. The highest BCUT2D eigenvalue weighted by Crippen LogP contribution is 2.63. The molecule has 5 nitrogen and oxygen atoms in total. The van der Waals surface area contributed by atoms with Crippen molar-refractivity contribution in [2.45, 2.75) is 38.0 Å². The number of amides is 1. The quantitative estimate of drug-likeness (QED) is 0.502. The van der Waals surface area contributed by atoms with Crippen molar-refractivity contribution in [1.82, 2.24) is 4.98 Å². The monoisotopic (exact) mass is 450 g/mol. The highest BCUT2D eigenvalue weighted by Gasteiger charge is 2.58. The van der Waals surface area contributed by atoms with Crippen LogP contribution in [0.2, 0.25) is 5.02 Å². The van der Waals surface area contributed by atoms with Crippen molar-refractivity contribution < 1.29 is 14.3 Å². The van der Waals surface area contributed by atoms with Gasteiger partial charge in [0.15, 0.2) is 11.5 Å². The number of hydrogen-bond acceptors (Lipinski definition) is 4. The van der Waals surface area contributed by atoms with Crippen LogP contribution in [-0.2, 0) is 4.79 Å². The van der Waals surface area contributed by atoms with E-state index in [0.29, 0.717) is 16.7 Å². The number of benzene rings is 2. The van der Waals surface area contributed by atoms with Gasteiger partial charge in [-0.3, -0.25) is 9.78 Å². The maximum Gasteiger partial charge on any atom is 0.228 e. The first-order chi connectivity index (χ1) is 15.5. The number of carbonyl (C=O) groups is 1. The minimum atomic E-state index is 0.109. The summed E-state index contributed by atoms with van der Waals surface area (Å²) in [5.74, 6) is 2.13. The molecule has 6 heteroatoms. The molecular weight excluding hydrogens is 424 g/mol. The number of methoxy groups -OCH3 is 2. The second kappa shape index (κ2) is 8.28. The first-order valence-corrected chi connectivity index (χ1v) is 11.5. The van der Waals surface area contributed by atoms with E-state index in [1.165, 1.54) is 5.56 Å². The van der Waals surface area contributed by atoms with Gasteiger partial charge >= 0.3 is 0 Å². The fourth-order valence-electron chi connectivity index (χ4n) is 5.39. The molecule has 1 atom stereocenters. The van der Waals surface area contributed by atoms with E-state index in [1.807, 2.05) is 30.5 Å². The lowest BCUT2D eigenvalue weighted by Crippen LogP contribution is -2.22. The molecule has 1 heterocycles. The van der Waals surface area contributed by atoms with Gasteiger partial charge in [-0.05, 0) is 85.4 Å². The van der Waals surface area contributed by atoms with Crippen LogP contribution in [0.4, 0.5) is 5.69 Å². The number of anilines is 1. The molecule has 1 aromatic heterocycles. The summed E-state index contributed by atoms with van der Waals surface area (Å²) in [6, 6.07) is 13.4. The summed E-state index contributed by atoms with van der Waals surface area (Å²) >= 11 is 5.94. The van der Waals surface area contributed by atoms with Gasteiger partial charge in [0.05, 0.1) is 19.7 Å². The van der Waals surface area contributed by atoms with Crippen LogP contribution in [-0.4, -0.2) is 25.1 Å². The van der Waals surface area contributed by atoms with Crippen LogP contribution in [0.1, 0.15) is 43.6 Å². The van der Waals surface area contributed by atoms with Gasteiger partial charge in [-0.25, -0.2) is 0 Å². The van der Waals surface area contributed by atoms with Gasteiger partial charge in [-0.15, -0.1) is 0 Å². The summed E-state index contributed by atoms with van der Waals surface area (Å²) in [5.41, 5.74) is 3.21. The Kier molecular flexibility index (Phi) is 5.46. The first-order valence-electron chi connectivity index (χ1n) is 11.1. The molecule has 0 aliphatic heterocycles. The van der Waals surface area contributed by atoms with E-state index in [2.05, 4.69) is 16.4 Å². The van der Waals surface area contributed by atoms with Crippen LogP contribution >= 0.6 is 11.6 Å². The highest BCUT2D eigenvalue weighted by atomic mass is 35.5. The van der Waals surface area contributed by atoms with Gasteiger partial charge in [0.1, 0.15) is 0 Å². The fraction of sp³-hybridized carbons (Fsp3) is 0.385. The number of aromatic nitrogens is 1. The molecule has 2 saturated carbocycles. The number of ether oxygens (including phenoxy) is 2. The minimum Gasteiger partial charge on any atom is -0.493 e. The first kappa shape index (κ1) is 21.1. The number of pyridine rings is 1. The average molecular weight is 451 g/mol. The van der Waals surface area contributed by atoms with E-state index in [0.717, 1.165) is 54.4 Å². The Hall–Kier alpha value is -2.79. The smallest absolute Gasteiger partial charge is 0.228 e. The predicted molar refractivity (Wildman–Crippen MR) is 127 cm³/mol. The lowest BCUT2D eigenvalue weighted by Gasteiger charge is -2.30. The molecule has 0 saturated heterocycles. The lowest BCUT2D eigenvalue weighted by atomic mass is 9.75. The molecular formula is C26H27ClN2O3. The van der Waals surface area contributed by atoms with Crippen LogP contribution in [0.15, 0.2) is 48.7 Å². The highest BCUT2D eigenvalue weighted by molar-refractivity contribution is 6.30. The van der Waals surface area contributed by atoms with Crippen LogP contribution < -0.4 is 14.8 Å². The molecule has 166 valence electrons. The number of nitrogens with one attached hydrogen (secondary N) is 1. The second-order valence-electron chi connectivity index (χ2n) is 9.01. The number of carbonyl (C=O) groups excluding carboxylic acids is 1. The number of hydrogen-bond donors (Lipinski definition) is 1. The van der Waals surface area contributed by atoms with Gasteiger partial charge < -0.3 is 14.8 Å². The largest absolute Gasteiger partial charge is 0.493 e. The fourth-order valence-corrected chi connectivity index (χ4v) is 5.51. The topological polar surface area (TPSA) is 60.5 Å². The standard InChI is InChI=1S/C26H27ClN2O3/c1-31-23-13-20-19(9-12-28-22(20)14-24(23)32-2)16-7-10-26(11-8-16)15-21(26)25(30)29-18-5-3-17(27)4-6-18/h3-6,9,12-14,16,21H,7-8,10-11,15H2,1-2H3,(H,29,30). The predicted octanol–water partition coefficient (Wildman–Crippen LogP) is 6.21. The van der Waals surface area contributed by atoms with Crippen LogP contribution in [0, 0.1) is 11.3 Å². The van der Waals surface area contributed by atoms with Gasteiger partial charge in [0.25, 0.3) is 0 Å². The van der Waals surface area contributed by atoms with Crippen molar-refractivity contribution in [3.8, 4) is 11.5 Å². The van der Waals surface area contributed by atoms with E-state index in [4.69, 9.17) is 21.1 Å². The summed E-state index contributed by atoms with van der Waals surface area (Å²) in [6.07, 6.45) is 7.19. The van der Waals surface area contributed by atoms with E-state index in [1.54, 1.807) is 26.4 Å². The van der Waals surface area contributed by atoms with Gasteiger partial charge in [-0.1, -0.05) is 11.6 Å². The molecule has 2 aliphatic rings. The Morgan fingerprint density at radius 3 is 2.44 bits per heavy atom. The van der Waals surface area contributed by atoms with Crippen LogP contribution in [0.3, 0.4) is 0 Å². The third-order valence-corrected chi connectivity index (χ3v) is 7.57. The molecule has 1 N–H and O–H groups in total. The molecule has 2 aromatic carbocycles. The second-order valence-corrected chi connectivity index (χ2v) is 9.45. The molecule has 1 spiro atoms. The Bertz CT molecular complexity index is 1150. The van der Waals surface area contributed by atoms with Crippen LogP contribution in [0.25, 0.3) is 10.9 Å². The SMILES string of the molecule is COc1cc2nccc(C3CCC4(CC3)CC4C(=O)Nc3ccc(Cl)cc3)c2cc1OC. The molecule has 0 bridgehead atoms. The van der Waals surface area contributed by atoms with E-state index in [9.17, 15) is 4.79 Å². The van der Waals surface area contributed by atoms with E-state index in [-0.39, 0.29) is 17.2 Å². The Morgan fingerprint density at radius 2 is 1.75 bits per heavy atom. The van der Waals surface area contributed by atoms with Gasteiger partial charge in [-0.2, -0.15) is 0 Å². The average Bonchev–Trinajstić information content (AvgIpc) is 3.53. The third-order valence-electron chi connectivity index (χ3n) is 7.32. The summed E-state index contributed by atoms with van der Waals surface area (Å²) in [7, 11) is 3.30. The van der Waals surface area contributed by atoms with Gasteiger partial charge in [0.2, 0.25) is 5.91 Å². The summed E-state index contributed by atoms with van der Waals surface area (Å²) in [5, 5.41) is 4.86. The molecule has 5 rings (SSSR count). The van der Waals surface area contributed by atoms with E-state index < -0.39 is 0 Å². The maximum absolute atomic E-state index is 12.8. The zero-order valence-electron chi connectivity index (χ0n) is 18.4. The zero-order chi connectivity index (χ0) is 22.3. The number of fused-ring (bicyclic) bond motifs is 1. The Morgan fingerprint density at radius 1 is 1.06 bits per heavy atom. The molecule has 32 heavy (non-hydrogen) atoms. The molecule has 1 amide bonds. The molecule has 3 aromatic rings. The number of rotatable bonds is 5. The summed E-state index contributed by atoms with van der Waals surface area (Å²) < 4.78 is 11.0. The van der Waals surface area contributed by atoms with Crippen molar-refractivity contribution >= 4 is 34.1 Å². The van der Waals surface area contributed by atoms with Crippen LogP contribution in [0.5, 0.6) is 11.5 Å². The third kappa shape index (κ3) is 3.79. The summed E-state index contributed by atoms with van der Waals surface area (Å²) in [6.45, 7) is 0. The van der Waals surface area contributed by atoms with Crippen molar-refractivity contribution in [2.24, 2.45) is 11.3 Å². The molecule has 2 fully saturated rings. The molecule has 2 aliphatic carbocycles. The number of halogens is 1. The lowest BCUT2D eigenvalue weighted by molar-refractivity contribution is -0.118. The van der Waals surface area contributed by atoms with Crippen molar-refractivity contribution in [2.75, 3.05) is 19.5 Å². The van der Waals surface area contributed by atoms with Crippen molar-refractivity contribution in [3.05, 3.63) is 59.2 Å². The van der Waals surface area contributed by atoms with Crippen molar-refractivity contribution in [3.63, 3.8) is 0 Å². The normalized spacial score (nSPS) is 24.3. The molecule has 1 unspecified atom stereocenters. The Labute approximate surface area is 193 Å². The maximum atomic E-state index is 12.8.